The second-order valence-corrected chi connectivity index (χ2v) is 6.04. The van der Waals surface area contributed by atoms with Crippen LogP contribution in [0.4, 0.5) is 0 Å². The maximum absolute atomic E-state index is 12.3. The van der Waals surface area contributed by atoms with Crippen molar-refractivity contribution in [2.24, 2.45) is 11.3 Å². The van der Waals surface area contributed by atoms with Gasteiger partial charge >= 0.3 is 11.9 Å². The van der Waals surface area contributed by atoms with E-state index in [0.717, 1.165) is 12.8 Å². The van der Waals surface area contributed by atoms with Gasteiger partial charge in [0.2, 0.25) is 0 Å². The SMILES string of the molecule is COC(=O)[C@@]12C#CCCCCOC(=O)[C@@H]1C[C@@H](O)C(Br)=C2. The van der Waals surface area contributed by atoms with Crippen molar-refractivity contribution in [1.29, 1.82) is 0 Å². The smallest absolute Gasteiger partial charge is 0.328 e. The van der Waals surface area contributed by atoms with Crippen LogP contribution in [0.25, 0.3) is 0 Å². The van der Waals surface area contributed by atoms with Crippen molar-refractivity contribution in [3.8, 4) is 11.8 Å². The molecule has 6 heteroatoms. The zero-order valence-electron chi connectivity index (χ0n) is 11.7. The third-order valence-electron chi connectivity index (χ3n) is 3.74. The van der Waals surface area contributed by atoms with Crippen molar-refractivity contribution in [2.75, 3.05) is 13.7 Å². The van der Waals surface area contributed by atoms with Gasteiger partial charge in [0, 0.05) is 10.9 Å². The summed E-state index contributed by atoms with van der Waals surface area (Å²) in [6, 6.07) is 0. The summed E-state index contributed by atoms with van der Waals surface area (Å²) in [4.78, 5) is 24.6. The lowest BCUT2D eigenvalue weighted by molar-refractivity contribution is -0.163. The number of aliphatic hydroxyl groups is 1. The molecule has 1 aliphatic carbocycles. The second kappa shape index (κ2) is 6.63. The van der Waals surface area contributed by atoms with Crippen molar-refractivity contribution in [3.63, 3.8) is 0 Å². The van der Waals surface area contributed by atoms with E-state index in [-0.39, 0.29) is 6.42 Å². The summed E-state index contributed by atoms with van der Waals surface area (Å²) >= 11 is 3.23. The van der Waals surface area contributed by atoms with Gasteiger partial charge in [-0.1, -0.05) is 21.9 Å². The number of fused-ring (bicyclic) bond motifs is 1. The lowest BCUT2D eigenvalue weighted by atomic mass is 9.69. The van der Waals surface area contributed by atoms with Crippen LogP contribution in [0.1, 0.15) is 25.7 Å². The van der Waals surface area contributed by atoms with Crippen molar-refractivity contribution in [2.45, 2.75) is 31.8 Å². The van der Waals surface area contributed by atoms with Gasteiger partial charge in [-0.15, -0.1) is 5.92 Å². The van der Waals surface area contributed by atoms with Gasteiger partial charge in [0.25, 0.3) is 0 Å². The Hall–Kier alpha value is -1.32. The number of methoxy groups -OCH3 is 1. The van der Waals surface area contributed by atoms with Gasteiger partial charge in [-0.25, -0.2) is 0 Å². The predicted molar refractivity (Wildman–Crippen MR) is 78.2 cm³/mol. The molecule has 0 fully saturated rings. The summed E-state index contributed by atoms with van der Waals surface area (Å²) in [7, 11) is 1.26. The van der Waals surface area contributed by atoms with Crippen LogP contribution < -0.4 is 0 Å². The highest BCUT2D eigenvalue weighted by Crippen LogP contribution is 2.43. The Morgan fingerprint density at radius 3 is 3.05 bits per heavy atom. The minimum absolute atomic E-state index is 0.0691. The van der Waals surface area contributed by atoms with Gasteiger partial charge in [0.1, 0.15) is 0 Å². The zero-order chi connectivity index (χ0) is 15.5. The summed E-state index contributed by atoms with van der Waals surface area (Å²) in [5, 5.41) is 9.97. The number of hydrogen-bond donors (Lipinski definition) is 1. The quantitative estimate of drug-likeness (QED) is 0.569. The Labute approximate surface area is 131 Å². The number of aliphatic hydroxyl groups excluding tert-OH is 1. The first kappa shape index (κ1) is 16.1. The molecule has 1 heterocycles. The molecule has 2 rings (SSSR count). The minimum atomic E-state index is -1.40. The molecule has 0 aromatic carbocycles. The van der Waals surface area contributed by atoms with E-state index in [4.69, 9.17) is 9.47 Å². The molecule has 0 amide bonds. The zero-order valence-corrected chi connectivity index (χ0v) is 13.3. The molecule has 0 bridgehead atoms. The van der Waals surface area contributed by atoms with Crippen LogP contribution in [0.15, 0.2) is 10.6 Å². The van der Waals surface area contributed by atoms with Gasteiger partial charge in [-0.05, 0) is 25.3 Å². The lowest BCUT2D eigenvalue weighted by Gasteiger charge is -2.35. The summed E-state index contributed by atoms with van der Waals surface area (Å²) in [6.07, 6.45) is 2.85. The number of halogens is 1. The van der Waals surface area contributed by atoms with E-state index in [9.17, 15) is 14.7 Å². The first-order valence-electron chi connectivity index (χ1n) is 6.82. The van der Waals surface area contributed by atoms with E-state index in [1.807, 2.05) is 0 Å². The van der Waals surface area contributed by atoms with Crippen LogP contribution in [0.3, 0.4) is 0 Å². The molecule has 114 valence electrons. The van der Waals surface area contributed by atoms with Crippen molar-refractivity contribution < 1.29 is 24.2 Å². The first-order valence-corrected chi connectivity index (χ1v) is 7.62. The number of carbonyl (C=O) groups is 2. The van der Waals surface area contributed by atoms with Crippen molar-refractivity contribution >= 4 is 27.9 Å². The maximum Gasteiger partial charge on any atom is 0.328 e. The van der Waals surface area contributed by atoms with Crippen LogP contribution in [0.2, 0.25) is 0 Å². The number of esters is 2. The molecule has 1 aliphatic heterocycles. The largest absolute Gasteiger partial charge is 0.468 e. The normalized spacial score (nSPS) is 32.7. The second-order valence-electron chi connectivity index (χ2n) is 5.12. The van der Waals surface area contributed by atoms with Crippen molar-refractivity contribution in [1.82, 2.24) is 0 Å². The topological polar surface area (TPSA) is 72.8 Å². The van der Waals surface area contributed by atoms with Crippen LogP contribution >= 0.6 is 15.9 Å². The molecule has 0 aromatic heterocycles. The first-order chi connectivity index (χ1) is 10.0. The van der Waals surface area contributed by atoms with Crippen LogP contribution in [0.5, 0.6) is 0 Å². The molecule has 0 spiro atoms. The van der Waals surface area contributed by atoms with E-state index in [0.29, 0.717) is 17.5 Å². The fourth-order valence-electron chi connectivity index (χ4n) is 2.56. The average Bonchev–Trinajstić information content (AvgIpc) is 2.48. The van der Waals surface area contributed by atoms with E-state index in [1.165, 1.54) is 13.2 Å². The van der Waals surface area contributed by atoms with Gasteiger partial charge in [-0.2, -0.15) is 0 Å². The fraction of sp³-hybridized carbons (Fsp3) is 0.600. The monoisotopic (exact) mass is 356 g/mol. The number of cyclic esters (lactones) is 1. The summed E-state index contributed by atoms with van der Waals surface area (Å²) < 4.78 is 10.5. The molecule has 0 saturated heterocycles. The number of carbonyl (C=O) groups excluding carboxylic acids is 2. The molecule has 1 N–H and O–H groups in total. The third-order valence-corrected chi connectivity index (χ3v) is 4.49. The van der Waals surface area contributed by atoms with Crippen molar-refractivity contribution in [3.05, 3.63) is 10.6 Å². The van der Waals surface area contributed by atoms with Gasteiger partial charge in [-0.3, -0.25) is 9.59 Å². The Morgan fingerprint density at radius 1 is 1.57 bits per heavy atom. The van der Waals surface area contributed by atoms with E-state index in [2.05, 4.69) is 27.8 Å². The molecule has 0 radical (unpaired) electrons. The van der Waals surface area contributed by atoms with E-state index >= 15 is 0 Å². The molecular weight excluding hydrogens is 340 g/mol. The Morgan fingerprint density at radius 2 is 2.33 bits per heavy atom. The van der Waals surface area contributed by atoms with E-state index < -0.39 is 29.4 Å². The average molecular weight is 357 g/mol. The van der Waals surface area contributed by atoms with Crippen LogP contribution in [-0.4, -0.2) is 36.9 Å². The molecule has 2 aliphatic rings. The Balaban J connectivity index is 2.55. The lowest BCUT2D eigenvalue weighted by Crippen LogP contribution is -2.46. The molecule has 3 atom stereocenters. The molecule has 0 unspecified atom stereocenters. The maximum atomic E-state index is 12.3. The highest BCUT2D eigenvalue weighted by atomic mass is 79.9. The van der Waals surface area contributed by atoms with Gasteiger partial charge in [0.15, 0.2) is 5.41 Å². The third kappa shape index (κ3) is 3.14. The molecule has 21 heavy (non-hydrogen) atoms. The molecular formula is C15H17BrO5. The highest BCUT2D eigenvalue weighted by molar-refractivity contribution is 9.11. The van der Waals surface area contributed by atoms with Crippen LogP contribution in [-0.2, 0) is 19.1 Å². The number of rotatable bonds is 1. The fourth-order valence-corrected chi connectivity index (χ4v) is 3.11. The summed E-state index contributed by atoms with van der Waals surface area (Å²) in [5.74, 6) is 3.85. The predicted octanol–water partition coefficient (Wildman–Crippen LogP) is 1.54. The summed E-state index contributed by atoms with van der Waals surface area (Å²) in [6.45, 7) is 0.301. The molecule has 5 nitrogen and oxygen atoms in total. The summed E-state index contributed by atoms with van der Waals surface area (Å²) in [5.41, 5.74) is -1.40. The van der Waals surface area contributed by atoms with Gasteiger partial charge in [0.05, 0.1) is 25.7 Å². The standard InChI is InChI=1S/C15H17BrO5/c1-20-14(19)15-6-4-2-3-5-7-21-13(18)10(15)8-12(17)11(16)9-15/h9-10,12,17H,2-3,5,7-8H2,1H3/t10-,12+,15+/m0/s1. The number of hydrogen-bond acceptors (Lipinski definition) is 5. The Bertz CT molecular complexity index is 530. The molecule has 0 aromatic rings. The number of ether oxygens (including phenoxy) is 2. The van der Waals surface area contributed by atoms with Crippen LogP contribution in [0, 0.1) is 23.2 Å². The Kier molecular flexibility index (Phi) is 5.07. The van der Waals surface area contributed by atoms with E-state index in [1.54, 1.807) is 0 Å². The molecule has 0 saturated carbocycles. The minimum Gasteiger partial charge on any atom is -0.468 e. The van der Waals surface area contributed by atoms with Gasteiger partial charge < -0.3 is 14.6 Å². The highest BCUT2D eigenvalue weighted by Gasteiger charge is 2.52.